The van der Waals surface area contributed by atoms with E-state index in [2.05, 4.69) is 51.3 Å². The van der Waals surface area contributed by atoms with Gasteiger partial charge in [-0.25, -0.2) is 9.98 Å². The normalized spacial score (nSPS) is 12.5. The molecule has 4 rings (SSSR count). The largest absolute Gasteiger partial charge is 0.370 e. The maximum absolute atomic E-state index is 4.79. The zero-order valence-electron chi connectivity index (χ0n) is 16.6. The molecule has 1 N–H and O–H groups in total. The lowest BCUT2D eigenvalue weighted by atomic mass is 10.0. The molecule has 0 radical (unpaired) electrons. The summed E-state index contributed by atoms with van der Waals surface area (Å²) in [4.78, 5) is 8.87. The Morgan fingerprint density at radius 2 is 1.57 bits per heavy atom. The van der Waals surface area contributed by atoms with Gasteiger partial charge in [0.05, 0.1) is 12.0 Å². The number of unbranched alkanes of at least 4 members (excludes halogenated alkanes) is 7. The van der Waals surface area contributed by atoms with Crippen LogP contribution in [0, 0.1) is 0 Å². The van der Waals surface area contributed by atoms with Crippen molar-refractivity contribution in [2.75, 3.05) is 6.54 Å². The summed E-state index contributed by atoms with van der Waals surface area (Å²) in [6.45, 7) is 2.11. The average Bonchev–Trinajstić information content (AvgIpc) is 3.36. The van der Waals surface area contributed by atoms with Crippen molar-refractivity contribution in [1.29, 1.82) is 0 Å². The number of hydrogen-bond donors (Lipinski definition) is 1. The molecule has 0 spiro atoms. The van der Waals surface area contributed by atoms with Gasteiger partial charge in [-0.3, -0.25) is 0 Å². The van der Waals surface area contributed by atoms with Gasteiger partial charge in [0, 0.05) is 36.4 Å². The van der Waals surface area contributed by atoms with E-state index in [4.69, 9.17) is 4.99 Å². The summed E-state index contributed by atoms with van der Waals surface area (Å²) in [7, 11) is 0. The lowest BCUT2D eigenvalue weighted by molar-refractivity contribution is 0.539. The first kappa shape index (κ1) is 18.7. The highest BCUT2D eigenvalue weighted by molar-refractivity contribution is 6.18. The van der Waals surface area contributed by atoms with Gasteiger partial charge < -0.3 is 9.88 Å². The molecule has 1 aliphatic rings. The van der Waals surface area contributed by atoms with Crippen molar-refractivity contribution >= 4 is 22.3 Å². The summed E-state index contributed by atoms with van der Waals surface area (Å²) >= 11 is 0. The first-order chi connectivity index (χ1) is 13.9. The van der Waals surface area contributed by atoms with Crippen LogP contribution in [0.4, 0.5) is 5.69 Å². The summed E-state index contributed by atoms with van der Waals surface area (Å²) in [5.41, 5.74) is 2.35. The van der Waals surface area contributed by atoms with Crippen molar-refractivity contribution in [1.82, 2.24) is 14.9 Å². The van der Waals surface area contributed by atoms with Crippen molar-refractivity contribution < 1.29 is 0 Å². The van der Waals surface area contributed by atoms with Crippen molar-refractivity contribution in [2.45, 2.75) is 57.9 Å². The maximum atomic E-state index is 4.79. The molecule has 0 amide bonds. The van der Waals surface area contributed by atoms with Crippen LogP contribution in [0.3, 0.4) is 0 Å². The average molecular weight is 375 g/mol. The third kappa shape index (κ3) is 4.61. The van der Waals surface area contributed by atoms with Crippen molar-refractivity contribution in [3.05, 3.63) is 60.7 Å². The summed E-state index contributed by atoms with van der Waals surface area (Å²) in [5, 5.41) is 6.13. The molecule has 4 heteroatoms. The minimum Gasteiger partial charge on any atom is -0.370 e. The summed E-state index contributed by atoms with van der Waals surface area (Å²) in [5.74, 6) is 1.05. The monoisotopic (exact) mass is 374 g/mol. The van der Waals surface area contributed by atoms with Gasteiger partial charge in [-0.2, -0.15) is 0 Å². The second-order valence-electron chi connectivity index (χ2n) is 7.70. The Bertz CT molecular complexity index is 906. The van der Waals surface area contributed by atoms with Crippen LogP contribution in [0.1, 0.15) is 56.9 Å². The van der Waals surface area contributed by atoms with Gasteiger partial charge in [0.2, 0.25) is 0 Å². The molecule has 0 bridgehead atoms. The van der Waals surface area contributed by atoms with Crippen molar-refractivity contribution in [3.8, 4) is 0 Å². The van der Waals surface area contributed by atoms with Crippen molar-refractivity contribution in [3.63, 3.8) is 0 Å². The topological polar surface area (TPSA) is 42.2 Å². The van der Waals surface area contributed by atoms with Crippen LogP contribution in [-0.2, 0) is 6.54 Å². The highest BCUT2D eigenvalue weighted by Gasteiger charge is 2.17. The van der Waals surface area contributed by atoms with E-state index in [0.29, 0.717) is 0 Å². The molecule has 2 heterocycles. The number of hydrogen-bond acceptors (Lipinski definition) is 3. The second-order valence-corrected chi connectivity index (χ2v) is 7.70. The molecule has 2 aromatic carbocycles. The molecule has 28 heavy (non-hydrogen) atoms. The van der Waals surface area contributed by atoms with Gasteiger partial charge in [0.25, 0.3) is 0 Å². The first-order valence-electron chi connectivity index (χ1n) is 10.7. The molecule has 1 aliphatic heterocycles. The van der Waals surface area contributed by atoms with Gasteiger partial charge in [0.15, 0.2) is 0 Å². The number of amidine groups is 1. The van der Waals surface area contributed by atoms with Gasteiger partial charge in [0.1, 0.15) is 5.84 Å². The molecule has 0 saturated carbocycles. The summed E-state index contributed by atoms with van der Waals surface area (Å²) in [6, 6.07) is 12.8. The Morgan fingerprint density at radius 1 is 0.821 bits per heavy atom. The van der Waals surface area contributed by atoms with E-state index in [9.17, 15) is 0 Å². The van der Waals surface area contributed by atoms with Crippen LogP contribution in [0.25, 0.3) is 10.8 Å². The molecule has 1 aromatic heterocycles. The third-order valence-electron chi connectivity index (χ3n) is 5.56. The molecule has 0 atom stereocenters. The lowest BCUT2D eigenvalue weighted by Gasteiger charge is -2.07. The Balaban J connectivity index is 1.06. The number of nitrogens with one attached hydrogen (secondary N) is 1. The smallest absolute Gasteiger partial charge is 0.134 e. The maximum Gasteiger partial charge on any atom is 0.134 e. The molecule has 3 aromatic rings. The van der Waals surface area contributed by atoms with E-state index >= 15 is 0 Å². The third-order valence-corrected chi connectivity index (χ3v) is 5.56. The zero-order chi connectivity index (χ0) is 19.0. The number of rotatable bonds is 11. The van der Waals surface area contributed by atoms with Gasteiger partial charge in [-0.15, -0.1) is 0 Å². The fraction of sp³-hybridized carbons (Fsp3) is 0.417. The second kappa shape index (κ2) is 9.54. The van der Waals surface area contributed by atoms with Crippen LogP contribution in [-0.4, -0.2) is 21.9 Å². The minimum absolute atomic E-state index is 1.01. The van der Waals surface area contributed by atoms with E-state index in [-0.39, 0.29) is 0 Å². The quantitative estimate of drug-likeness (QED) is 0.429. The number of imidazole rings is 1. The van der Waals surface area contributed by atoms with E-state index in [1.807, 2.05) is 18.7 Å². The molecule has 0 fully saturated rings. The Morgan fingerprint density at radius 3 is 2.36 bits per heavy atom. The minimum atomic E-state index is 1.01. The van der Waals surface area contributed by atoms with Gasteiger partial charge >= 0.3 is 0 Å². The van der Waals surface area contributed by atoms with E-state index in [1.165, 1.54) is 67.7 Å². The standard InChI is InChI=1S/C24H30N4/c1(2-4-6-8-17-28-18-16-25-19-28)3-5-7-15-26-24-21-13-9-11-20-12-10-14-22(27-24)23(20)21/h9-14,16,18-19H,1-8,15,17H2,(H,26,27). The number of nitrogens with zero attached hydrogens (tertiary/aromatic N) is 3. The first-order valence-corrected chi connectivity index (χ1v) is 10.7. The molecule has 0 saturated heterocycles. The van der Waals surface area contributed by atoms with Gasteiger partial charge in [-0.1, -0.05) is 68.9 Å². The Kier molecular flexibility index (Phi) is 6.38. The predicted molar refractivity (Wildman–Crippen MR) is 117 cm³/mol. The highest BCUT2D eigenvalue weighted by Crippen LogP contribution is 2.34. The van der Waals surface area contributed by atoms with Crippen LogP contribution < -0.4 is 5.32 Å². The zero-order valence-corrected chi connectivity index (χ0v) is 16.6. The van der Waals surface area contributed by atoms with Gasteiger partial charge in [-0.05, 0) is 24.3 Å². The molecular formula is C24H30N4. The number of benzene rings is 2. The molecule has 0 aliphatic carbocycles. The Hall–Kier alpha value is -2.62. The van der Waals surface area contributed by atoms with Crippen LogP contribution in [0.15, 0.2) is 60.1 Å². The molecule has 146 valence electrons. The lowest BCUT2D eigenvalue weighted by Crippen LogP contribution is -2.24. The molecule has 0 unspecified atom stereocenters. The number of aliphatic imine (C=N–C) groups is 1. The summed E-state index contributed by atoms with van der Waals surface area (Å²) < 4.78 is 2.17. The predicted octanol–water partition coefficient (Wildman–Crippen LogP) is 5.84. The SMILES string of the molecule is c1cc2c3c(cccc3c1)C(NCCCCCCCCCCn1ccnc1)=N2. The number of aromatic nitrogens is 2. The van der Waals surface area contributed by atoms with E-state index in [1.54, 1.807) is 0 Å². The Labute approximate surface area is 167 Å². The van der Waals surface area contributed by atoms with E-state index < -0.39 is 0 Å². The van der Waals surface area contributed by atoms with Crippen LogP contribution >= 0.6 is 0 Å². The fourth-order valence-corrected chi connectivity index (χ4v) is 4.03. The highest BCUT2D eigenvalue weighted by atomic mass is 15.0. The summed E-state index contributed by atoms with van der Waals surface area (Å²) in [6.07, 6.45) is 16.3. The fourth-order valence-electron chi connectivity index (χ4n) is 4.03. The van der Waals surface area contributed by atoms with Crippen LogP contribution in [0.5, 0.6) is 0 Å². The van der Waals surface area contributed by atoms with Crippen molar-refractivity contribution in [2.24, 2.45) is 4.99 Å². The van der Waals surface area contributed by atoms with Crippen LogP contribution in [0.2, 0.25) is 0 Å². The molecular weight excluding hydrogens is 344 g/mol. The number of aryl methyl sites for hydroxylation is 1. The van der Waals surface area contributed by atoms with E-state index in [0.717, 1.165) is 24.6 Å². The molecule has 4 nitrogen and oxygen atoms in total.